The zero-order chi connectivity index (χ0) is 13.9. The van der Waals surface area contributed by atoms with Crippen LogP contribution in [-0.4, -0.2) is 33.1 Å². The van der Waals surface area contributed by atoms with Crippen molar-refractivity contribution in [2.24, 2.45) is 0 Å². The lowest BCUT2D eigenvalue weighted by Crippen LogP contribution is -2.49. The molecule has 1 unspecified atom stereocenters. The number of hydrogen-bond donors (Lipinski definition) is 2. The Morgan fingerprint density at radius 2 is 2.26 bits per heavy atom. The first-order valence-electron chi connectivity index (χ1n) is 6.86. The zero-order valence-electron chi connectivity index (χ0n) is 11.6. The van der Waals surface area contributed by atoms with Crippen LogP contribution in [0.4, 0.5) is 0 Å². The van der Waals surface area contributed by atoms with Crippen molar-refractivity contribution < 1.29 is 9.90 Å². The second-order valence-corrected chi connectivity index (χ2v) is 5.42. The minimum Gasteiger partial charge on any atom is -0.394 e. The van der Waals surface area contributed by atoms with E-state index in [0.717, 1.165) is 43.4 Å². The van der Waals surface area contributed by atoms with E-state index >= 15 is 0 Å². The Kier molecular flexibility index (Phi) is 4.14. The molecule has 1 aliphatic rings. The maximum Gasteiger partial charge on any atom is 0.270 e. The van der Waals surface area contributed by atoms with Gasteiger partial charge in [0.15, 0.2) is 0 Å². The number of rotatable bonds is 5. The molecule has 0 bridgehead atoms. The molecule has 0 saturated heterocycles. The van der Waals surface area contributed by atoms with Crippen LogP contribution in [0.1, 0.15) is 54.9 Å². The van der Waals surface area contributed by atoms with E-state index in [-0.39, 0.29) is 12.5 Å². The van der Waals surface area contributed by atoms with Crippen LogP contribution < -0.4 is 5.32 Å². The van der Waals surface area contributed by atoms with Gasteiger partial charge < -0.3 is 10.4 Å². The topological polar surface area (TPSA) is 75.1 Å². The van der Waals surface area contributed by atoms with Crippen LogP contribution >= 0.6 is 0 Å². The summed E-state index contributed by atoms with van der Waals surface area (Å²) in [5.41, 5.74) is 1.85. The predicted molar refractivity (Wildman–Crippen MR) is 71.9 cm³/mol. The molecule has 0 spiro atoms. The van der Waals surface area contributed by atoms with Crippen molar-refractivity contribution in [3.8, 4) is 0 Å². The molecule has 1 aromatic heterocycles. The predicted octanol–water partition coefficient (Wildman–Crippen LogP) is 1.25. The third-order valence-electron chi connectivity index (χ3n) is 3.66. The lowest BCUT2D eigenvalue weighted by molar-refractivity contribution is 0.0834. The average molecular weight is 263 g/mol. The Labute approximate surface area is 113 Å². The molecular weight excluding hydrogens is 242 g/mol. The lowest BCUT2D eigenvalue weighted by atomic mass is 9.96. The molecule has 1 aliphatic carbocycles. The molecule has 1 amide bonds. The minimum atomic E-state index is -0.581. The van der Waals surface area contributed by atoms with Crippen LogP contribution in [0.25, 0.3) is 0 Å². The Morgan fingerprint density at radius 3 is 2.95 bits per heavy atom. The Hall–Kier alpha value is -1.49. The van der Waals surface area contributed by atoms with Crippen LogP contribution in [0.3, 0.4) is 0 Å². The van der Waals surface area contributed by atoms with Crippen molar-refractivity contribution in [2.75, 3.05) is 6.61 Å². The number of aliphatic hydroxyl groups excluding tert-OH is 1. The molecule has 0 saturated carbocycles. The van der Waals surface area contributed by atoms with E-state index in [1.807, 2.05) is 13.8 Å². The van der Waals surface area contributed by atoms with Gasteiger partial charge in [-0.2, -0.15) is 0 Å². The summed E-state index contributed by atoms with van der Waals surface area (Å²) in [4.78, 5) is 20.7. The number of carbonyl (C=O) groups is 1. The number of fused-ring (bicyclic) bond motifs is 1. The smallest absolute Gasteiger partial charge is 0.270 e. The van der Waals surface area contributed by atoms with Crippen molar-refractivity contribution in [3.05, 3.63) is 23.3 Å². The standard InChI is InChI=1S/C14H21N3O2/c1-3-7-14(2,8-18)17-13(19)12-10-5-4-6-11(10)15-9-16-12/h9,18H,3-8H2,1-2H3,(H,17,19). The normalized spacial score (nSPS) is 16.8. The van der Waals surface area contributed by atoms with Crippen molar-refractivity contribution >= 4 is 5.91 Å². The molecule has 19 heavy (non-hydrogen) atoms. The summed E-state index contributed by atoms with van der Waals surface area (Å²) in [6.45, 7) is 3.82. The molecule has 2 N–H and O–H groups in total. The van der Waals surface area contributed by atoms with Crippen molar-refractivity contribution in [3.63, 3.8) is 0 Å². The quantitative estimate of drug-likeness (QED) is 0.838. The second-order valence-electron chi connectivity index (χ2n) is 5.42. The number of amides is 1. The van der Waals surface area contributed by atoms with Crippen LogP contribution in [0.5, 0.6) is 0 Å². The van der Waals surface area contributed by atoms with E-state index in [0.29, 0.717) is 5.69 Å². The van der Waals surface area contributed by atoms with Crippen LogP contribution in [0.2, 0.25) is 0 Å². The average Bonchev–Trinajstić information content (AvgIpc) is 2.86. The number of aryl methyl sites for hydroxylation is 1. The minimum absolute atomic E-state index is 0.0696. The van der Waals surface area contributed by atoms with Crippen LogP contribution in [0.15, 0.2) is 6.33 Å². The first-order chi connectivity index (χ1) is 9.09. The zero-order valence-corrected chi connectivity index (χ0v) is 11.6. The van der Waals surface area contributed by atoms with Gasteiger partial charge in [-0.3, -0.25) is 4.79 Å². The summed E-state index contributed by atoms with van der Waals surface area (Å²) in [7, 11) is 0. The fourth-order valence-corrected chi connectivity index (χ4v) is 2.62. The molecule has 1 aromatic rings. The van der Waals surface area contributed by atoms with E-state index in [1.54, 1.807) is 0 Å². The van der Waals surface area contributed by atoms with Gasteiger partial charge in [-0.15, -0.1) is 0 Å². The monoisotopic (exact) mass is 263 g/mol. The molecular formula is C14H21N3O2. The van der Waals surface area contributed by atoms with Gasteiger partial charge in [-0.05, 0) is 32.6 Å². The van der Waals surface area contributed by atoms with Crippen molar-refractivity contribution in [1.29, 1.82) is 0 Å². The summed E-state index contributed by atoms with van der Waals surface area (Å²) in [6, 6.07) is 0. The number of carbonyl (C=O) groups excluding carboxylic acids is 1. The maximum atomic E-state index is 12.3. The van der Waals surface area contributed by atoms with Gasteiger partial charge in [0.05, 0.1) is 12.1 Å². The third-order valence-corrected chi connectivity index (χ3v) is 3.66. The van der Waals surface area contributed by atoms with E-state index in [2.05, 4.69) is 15.3 Å². The van der Waals surface area contributed by atoms with E-state index in [9.17, 15) is 9.90 Å². The SMILES string of the molecule is CCCC(C)(CO)NC(=O)c1ncnc2c1CCC2. The summed E-state index contributed by atoms with van der Waals surface area (Å²) >= 11 is 0. The molecule has 104 valence electrons. The summed E-state index contributed by atoms with van der Waals surface area (Å²) in [5.74, 6) is -0.203. The van der Waals surface area contributed by atoms with Gasteiger partial charge in [-0.25, -0.2) is 9.97 Å². The molecule has 5 heteroatoms. The van der Waals surface area contributed by atoms with Gasteiger partial charge in [0.2, 0.25) is 0 Å². The summed E-state index contributed by atoms with van der Waals surface area (Å²) < 4.78 is 0. The molecule has 0 aromatic carbocycles. The van der Waals surface area contributed by atoms with Gasteiger partial charge >= 0.3 is 0 Å². The third kappa shape index (κ3) is 2.92. The summed E-state index contributed by atoms with van der Waals surface area (Å²) in [5, 5.41) is 12.4. The Bertz CT molecular complexity index is 476. The van der Waals surface area contributed by atoms with Crippen LogP contribution in [-0.2, 0) is 12.8 Å². The van der Waals surface area contributed by atoms with E-state index < -0.39 is 5.54 Å². The highest BCUT2D eigenvalue weighted by atomic mass is 16.3. The van der Waals surface area contributed by atoms with Gasteiger partial charge in [-0.1, -0.05) is 13.3 Å². The molecule has 2 rings (SSSR count). The number of aromatic nitrogens is 2. The number of hydrogen-bond acceptors (Lipinski definition) is 4. The largest absolute Gasteiger partial charge is 0.394 e. The van der Waals surface area contributed by atoms with Crippen molar-refractivity contribution in [1.82, 2.24) is 15.3 Å². The van der Waals surface area contributed by atoms with E-state index in [1.165, 1.54) is 6.33 Å². The lowest BCUT2D eigenvalue weighted by Gasteiger charge is -2.28. The highest BCUT2D eigenvalue weighted by Crippen LogP contribution is 2.22. The van der Waals surface area contributed by atoms with Gasteiger partial charge in [0.1, 0.15) is 12.0 Å². The van der Waals surface area contributed by atoms with Crippen LogP contribution in [0, 0.1) is 0 Å². The van der Waals surface area contributed by atoms with E-state index in [4.69, 9.17) is 0 Å². The molecule has 5 nitrogen and oxygen atoms in total. The molecule has 0 aliphatic heterocycles. The van der Waals surface area contributed by atoms with Gasteiger partial charge in [0.25, 0.3) is 5.91 Å². The first-order valence-corrected chi connectivity index (χ1v) is 6.86. The fraction of sp³-hybridized carbons (Fsp3) is 0.643. The molecule has 1 atom stereocenters. The maximum absolute atomic E-state index is 12.3. The summed E-state index contributed by atoms with van der Waals surface area (Å²) in [6.07, 6.45) is 5.91. The number of nitrogens with one attached hydrogen (secondary N) is 1. The molecule has 0 fully saturated rings. The Balaban J connectivity index is 2.19. The van der Waals surface area contributed by atoms with Gasteiger partial charge in [0, 0.05) is 11.3 Å². The highest BCUT2D eigenvalue weighted by Gasteiger charge is 2.28. The number of aliphatic hydroxyl groups is 1. The molecule has 1 heterocycles. The molecule has 0 radical (unpaired) electrons. The number of nitrogens with zero attached hydrogens (tertiary/aromatic N) is 2. The highest BCUT2D eigenvalue weighted by molar-refractivity contribution is 5.94. The fourth-order valence-electron chi connectivity index (χ4n) is 2.62. The Morgan fingerprint density at radius 1 is 1.47 bits per heavy atom. The second kappa shape index (κ2) is 5.65. The van der Waals surface area contributed by atoms with Crippen molar-refractivity contribution in [2.45, 2.75) is 51.5 Å². The first kappa shape index (κ1) is 13.9.